The second kappa shape index (κ2) is 7.00. The summed E-state index contributed by atoms with van der Waals surface area (Å²) >= 11 is 0. The fourth-order valence-corrected chi connectivity index (χ4v) is 2.80. The second-order valence-electron chi connectivity index (χ2n) is 7.45. The average molecular weight is 333 g/mol. The van der Waals surface area contributed by atoms with Gasteiger partial charge in [-0.2, -0.15) is 0 Å². The van der Waals surface area contributed by atoms with Crippen LogP contribution in [0.5, 0.6) is 0 Å². The Morgan fingerprint density at radius 3 is 2.38 bits per heavy atom. The smallest absolute Gasteiger partial charge is 0.399 e. The van der Waals surface area contributed by atoms with Gasteiger partial charge in [-0.25, -0.2) is 4.98 Å². The topological polar surface area (TPSA) is 55.9 Å². The molecule has 0 radical (unpaired) electrons. The molecule has 1 N–H and O–H groups in total. The maximum absolute atomic E-state index is 6.05. The summed E-state index contributed by atoms with van der Waals surface area (Å²) in [6.45, 7) is 13.8. The standard InChI is InChI=1S/C17H28BN3O3/c1-16(2)17(3,4)24-18(23-16)14-5-6-15(20-13-14)19-7-8-21-9-11-22-12-10-21/h5-6,13H,7-12H2,1-4H3,(H,19,20). The van der Waals surface area contributed by atoms with E-state index < -0.39 is 0 Å². The van der Waals surface area contributed by atoms with E-state index in [1.54, 1.807) is 0 Å². The van der Waals surface area contributed by atoms with Gasteiger partial charge in [0.2, 0.25) is 0 Å². The van der Waals surface area contributed by atoms with Gasteiger partial charge in [0, 0.05) is 37.8 Å². The lowest BCUT2D eigenvalue weighted by Gasteiger charge is -2.32. The van der Waals surface area contributed by atoms with Gasteiger partial charge in [0.25, 0.3) is 0 Å². The van der Waals surface area contributed by atoms with E-state index in [9.17, 15) is 0 Å². The molecule has 1 aromatic rings. The highest BCUT2D eigenvalue weighted by atomic mass is 16.7. The monoisotopic (exact) mass is 333 g/mol. The summed E-state index contributed by atoms with van der Waals surface area (Å²) in [5.41, 5.74) is 0.298. The molecule has 24 heavy (non-hydrogen) atoms. The van der Waals surface area contributed by atoms with Crippen LogP contribution in [0.15, 0.2) is 18.3 Å². The van der Waals surface area contributed by atoms with Gasteiger partial charge in [-0.15, -0.1) is 0 Å². The first kappa shape index (κ1) is 17.7. The molecule has 7 heteroatoms. The predicted molar refractivity (Wildman–Crippen MR) is 95.7 cm³/mol. The maximum atomic E-state index is 6.05. The zero-order valence-corrected chi connectivity index (χ0v) is 15.2. The Morgan fingerprint density at radius 1 is 1.12 bits per heavy atom. The van der Waals surface area contributed by atoms with Crippen molar-refractivity contribution >= 4 is 18.4 Å². The normalized spacial score (nSPS) is 23.4. The van der Waals surface area contributed by atoms with Gasteiger partial charge in [0.1, 0.15) is 5.82 Å². The lowest BCUT2D eigenvalue weighted by atomic mass is 9.80. The van der Waals surface area contributed by atoms with E-state index >= 15 is 0 Å². The third-order valence-electron chi connectivity index (χ3n) is 5.15. The van der Waals surface area contributed by atoms with Crippen molar-refractivity contribution in [1.29, 1.82) is 0 Å². The van der Waals surface area contributed by atoms with Crippen molar-refractivity contribution in [1.82, 2.24) is 9.88 Å². The summed E-state index contributed by atoms with van der Waals surface area (Å²) in [7, 11) is -0.357. The second-order valence-corrected chi connectivity index (χ2v) is 7.45. The zero-order valence-electron chi connectivity index (χ0n) is 15.2. The molecule has 1 aromatic heterocycles. The Bertz CT molecular complexity index is 529. The lowest BCUT2D eigenvalue weighted by molar-refractivity contribution is 0.00578. The number of anilines is 1. The molecule has 2 aliphatic heterocycles. The Hall–Kier alpha value is -1.15. The van der Waals surface area contributed by atoms with Crippen molar-refractivity contribution in [2.24, 2.45) is 0 Å². The first-order chi connectivity index (χ1) is 11.4. The van der Waals surface area contributed by atoms with Gasteiger partial charge in [-0.1, -0.05) is 6.07 Å². The molecule has 0 unspecified atom stereocenters. The minimum absolute atomic E-state index is 0.327. The molecule has 2 aliphatic rings. The van der Waals surface area contributed by atoms with Gasteiger partial charge in [-0.3, -0.25) is 4.90 Å². The van der Waals surface area contributed by atoms with E-state index in [0.29, 0.717) is 0 Å². The van der Waals surface area contributed by atoms with Crippen LogP contribution in [0.2, 0.25) is 0 Å². The molecule has 0 atom stereocenters. The van der Waals surface area contributed by atoms with Crippen LogP contribution in [0.4, 0.5) is 5.82 Å². The number of rotatable bonds is 5. The fourth-order valence-electron chi connectivity index (χ4n) is 2.80. The minimum Gasteiger partial charge on any atom is -0.399 e. The van der Waals surface area contributed by atoms with Crippen LogP contribution in [0, 0.1) is 0 Å². The van der Waals surface area contributed by atoms with Crippen molar-refractivity contribution in [3.05, 3.63) is 18.3 Å². The summed E-state index contributed by atoms with van der Waals surface area (Å²) in [5.74, 6) is 0.878. The van der Waals surface area contributed by atoms with Crippen molar-refractivity contribution in [3.63, 3.8) is 0 Å². The zero-order chi connectivity index (χ0) is 17.2. The first-order valence-corrected chi connectivity index (χ1v) is 8.73. The molecule has 3 rings (SSSR count). The first-order valence-electron chi connectivity index (χ1n) is 8.73. The number of ether oxygens (including phenoxy) is 1. The minimum atomic E-state index is -0.357. The highest BCUT2D eigenvalue weighted by Crippen LogP contribution is 2.36. The fraction of sp³-hybridized carbons (Fsp3) is 0.706. The number of aromatic nitrogens is 1. The van der Waals surface area contributed by atoms with Gasteiger partial charge in [-0.05, 0) is 33.8 Å². The number of hydrogen-bond acceptors (Lipinski definition) is 6. The van der Waals surface area contributed by atoms with Crippen LogP contribution in [0.3, 0.4) is 0 Å². The van der Waals surface area contributed by atoms with Crippen LogP contribution in [-0.4, -0.2) is 67.6 Å². The van der Waals surface area contributed by atoms with Crippen LogP contribution >= 0.6 is 0 Å². The van der Waals surface area contributed by atoms with E-state index in [1.165, 1.54) is 0 Å². The molecule has 0 aliphatic carbocycles. The lowest BCUT2D eigenvalue weighted by Crippen LogP contribution is -2.41. The molecule has 0 saturated carbocycles. The molecule has 0 aromatic carbocycles. The Labute approximate surface area is 145 Å². The molecular weight excluding hydrogens is 305 g/mol. The summed E-state index contributed by atoms with van der Waals surface area (Å²) in [4.78, 5) is 6.89. The summed E-state index contributed by atoms with van der Waals surface area (Å²) in [5, 5.41) is 3.37. The molecule has 3 heterocycles. The van der Waals surface area contributed by atoms with E-state index in [4.69, 9.17) is 14.0 Å². The molecule has 6 nitrogen and oxygen atoms in total. The van der Waals surface area contributed by atoms with Crippen LogP contribution in [-0.2, 0) is 14.0 Å². The molecule has 2 saturated heterocycles. The van der Waals surface area contributed by atoms with Gasteiger partial charge < -0.3 is 19.4 Å². The number of hydrogen-bond donors (Lipinski definition) is 1. The van der Waals surface area contributed by atoms with Gasteiger partial charge in [0.05, 0.1) is 24.4 Å². The largest absolute Gasteiger partial charge is 0.496 e. The molecular formula is C17H28BN3O3. The SMILES string of the molecule is CC1(C)OB(c2ccc(NCCN3CCOCC3)nc2)OC1(C)C. The van der Waals surface area contributed by atoms with Crippen molar-refractivity contribution in [2.45, 2.75) is 38.9 Å². The van der Waals surface area contributed by atoms with Gasteiger partial charge >= 0.3 is 7.12 Å². The molecule has 0 bridgehead atoms. The Morgan fingerprint density at radius 2 is 1.79 bits per heavy atom. The molecule has 2 fully saturated rings. The van der Waals surface area contributed by atoms with E-state index in [1.807, 2.05) is 18.3 Å². The third kappa shape index (κ3) is 3.91. The maximum Gasteiger partial charge on any atom is 0.496 e. The summed E-state index contributed by atoms with van der Waals surface area (Å²) < 4.78 is 17.5. The van der Waals surface area contributed by atoms with Crippen molar-refractivity contribution < 1.29 is 14.0 Å². The molecule has 0 spiro atoms. The number of nitrogens with zero attached hydrogens (tertiary/aromatic N) is 2. The Balaban J connectivity index is 1.50. The highest BCUT2D eigenvalue weighted by molar-refractivity contribution is 6.62. The number of nitrogens with one attached hydrogen (secondary N) is 1. The average Bonchev–Trinajstić information content (AvgIpc) is 2.77. The van der Waals surface area contributed by atoms with E-state index in [0.717, 1.165) is 50.7 Å². The Kier molecular flexibility index (Phi) is 5.15. The summed E-state index contributed by atoms with van der Waals surface area (Å²) in [6, 6.07) is 4.01. The predicted octanol–water partition coefficient (Wildman–Crippen LogP) is 1.12. The van der Waals surface area contributed by atoms with Crippen molar-refractivity contribution in [3.8, 4) is 0 Å². The van der Waals surface area contributed by atoms with Gasteiger partial charge in [0.15, 0.2) is 0 Å². The van der Waals surface area contributed by atoms with E-state index in [-0.39, 0.29) is 18.3 Å². The highest BCUT2D eigenvalue weighted by Gasteiger charge is 2.51. The number of pyridine rings is 1. The van der Waals surface area contributed by atoms with E-state index in [2.05, 4.69) is 42.9 Å². The molecule has 132 valence electrons. The van der Waals surface area contributed by atoms with Crippen LogP contribution < -0.4 is 10.8 Å². The van der Waals surface area contributed by atoms with Crippen LogP contribution in [0.25, 0.3) is 0 Å². The van der Waals surface area contributed by atoms with Crippen LogP contribution in [0.1, 0.15) is 27.7 Å². The molecule has 0 amide bonds. The summed E-state index contributed by atoms with van der Waals surface area (Å²) in [6.07, 6.45) is 1.83. The third-order valence-corrected chi connectivity index (χ3v) is 5.15. The van der Waals surface area contributed by atoms with Crippen molar-refractivity contribution in [2.75, 3.05) is 44.7 Å². The quantitative estimate of drug-likeness (QED) is 0.815. The number of morpholine rings is 1.